The van der Waals surface area contributed by atoms with E-state index in [1.807, 2.05) is 28.7 Å². The van der Waals surface area contributed by atoms with Crippen LogP contribution in [-0.2, 0) is 9.59 Å². The number of carboxylic acid groups (broad SMARTS) is 2. The summed E-state index contributed by atoms with van der Waals surface area (Å²) in [5.41, 5.74) is 0.374. The van der Waals surface area contributed by atoms with E-state index in [2.05, 4.69) is 27.9 Å². The molecule has 1 aromatic rings. The van der Waals surface area contributed by atoms with Crippen molar-refractivity contribution in [3.8, 4) is 0 Å². The van der Waals surface area contributed by atoms with Crippen molar-refractivity contribution in [2.75, 3.05) is 0 Å². The number of hydrogen-bond donors (Lipinski definition) is 3. The van der Waals surface area contributed by atoms with E-state index in [1.54, 1.807) is 12.1 Å². The highest BCUT2D eigenvalue weighted by atomic mass is 127. The van der Waals surface area contributed by atoms with Crippen molar-refractivity contribution in [2.45, 2.75) is 18.9 Å². The van der Waals surface area contributed by atoms with Gasteiger partial charge in [0.1, 0.15) is 6.04 Å². The third kappa shape index (κ3) is 5.23. The molecule has 1 amide bonds. The summed E-state index contributed by atoms with van der Waals surface area (Å²) in [6.07, 6.45) is -0.475. The van der Waals surface area contributed by atoms with Crippen LogP contribution in [0.25, 0.3) is 0 Å². The van der Waals surface area contributed by atoms with Crippen LogP contribution in [0.2, 0.25) is 0 Å². The minimum atomic E-state index is -1.25. The SMILES string of the molecule is O=C(O)CCC(NC(=O)c1cc(I)ccc1I)C(=O)O. The Morgan fingerprint density at radius 3 is 2.40 bits per heavy atom. The van der Waals surface area contributed by atoms with E-state index in [1.165, 1.54) is 0 Å². The molecule has 0 aliphatic rings. The predicted octanol–water partition coefficient (Wildman–Crippen LogP) is 1.94. The van der Waals surface area contributed by atoms with Crippen LogP contribution in [0.4, 0.5) is 0 Å². The van der Waals surface area contributed by atoms with E-state index in [4.69, 9.17) is 10.2 Å². The lowest BCUT2D eigenvalue weighted by atomic mass is 10.1. The number of halogens is 2. The first-order chi connectivity index (χ1) is 9.31. The van der Waals surface area contributed by atoms with Crippen LogP contribution in [0.5, 0.6) is 0 Å². The Labute approximate surface area is 142 Å². The van der Waals surface area contributed by atoms with E-state index in [-0.39, 0.29) is 12.8 Å². The smallest absolute Gasteiger partial charge is 0.326 e. The zero-order valence-corrected chi connectivity index (χ0v) is 14.4. The Hall–Kier alpha value is -0.910. The van der Waals surface area contributed by atoms with Crippen LogP contribution in [0, 0.1) is 7.14 Å². The van der Waals surface area contributed by atoms with E-state index in [9.17, 15) is 14.4 Å². The third-order valence-electron chi connectivity index (χ3n) is 2.42. The monoisotopic (exact) mass is 503 g/mol. The molecule has 1 unspecified atom stereocenters. The number of benzene rings is 1. The second-order valence-corrected chi connectivity index (χ2v) is 6.33. The molecule has 1 rings (SSSR count). The van der Waals surface area contributed by atoms with Gasteiger partial charge in [-0.25, -0.2) is 4.79 Å². The van der Waals surface area contributed by atoms with Gasteiger partial charge in [0.05, 0.1) is 5.56 Å². The summed E-state index contributed by atoms with van der Waals surface area (Å²) in [7, 11) is 0. The van der Waals surface area contributed by atoms with Crippen molar-refractivity contribution in [1.29, 1.82) is 0 Å². The molecule has 20 heavy (non-hydrogen) atoms. The van der Waals surface area contributed by atoms with E-state index in [0.29, 0.717) is 9.13 Å². The van der Waals surface area contributed by atoms with Gasteiger partial charge in [0.2, 0.25) is 0 Å². The highest BCUT2D eigenvalue weighted by Gasteiger charge is 2.22. The van der Waals surface area contributed by atoms with Gasteiger partial charge < -0.3 is 15.5 Å². The van der Waals surface area contributed by atoms with Crippen molar-refractivity contribution >= 4 is 63.0 Å². The van der Waals surface area contributed by atoms with Gasteiger partial charge in [-0.15, -0.1) is 0 Å². The first kappa shape index (κ1) is 17.1. The second-order valence-electron chi connectivity index (χ2n) is 3.92. The number of aliphatic carboxylic acids is 2. The maximum atomic E-state index is 12.0. The molecule has 0 heterocycles. The first-order valence-corrected chi connectivity index (χ1v) is 7.67. The average molecular weight is 503 g/mol. The Bertz CT molecular complexity index is 547. The van der Waals surface area contributed by atoms with E-state index in [0.717, 1.165) is 3.57 Å². The van der Waals surface area contributed by atoms with Gasteiger partial charge in [0.15, 0.2) is 0 Å². The normalized spacial score (nSPS) is 11.7. The molecule has 0 aliphatic heterocycles. The molecule has 0 spiro atoms. The second kappa shape index (κ2) is 7.76. The maximum Gasteiger partial charge on any atom is 0.326 e. The number of carbonyl (C=O) groups is 3. The van der Waals surface area contributed by atoms with Crippen LogP contribution in [0.1, 0.15) is 23.2 Å². The van der Waals surface area contributed by atoms with Gasteiger partial charge in [0.25, 0.3) is 5.91 Å². The fraction of sp³-hybridized carbons (Fsp3) is 0.250. The van der Waals surface area contributed by atoms with E-state index < -0.39 is 23.9 Å². The molecule has 0 fully saturated rings. The number of amides is 1. The lowest BCUT2D eigenvalue weighted by molar-refractivity contribution is -0.140. The largest absolute Gasteiger partial charge is 0.481 e. The molecule has 0 saturated heterocycles. The summed E-state index contributed by atoms with van der Waals surface area (Å²) in [6, 6.07) is 4.02. The molecule has 0 bridgehead atoms. The molecule has 8 heteroatoms. The van der Waals surface area contributed by atoms with Crippen LogP contribution in [-0.4, -0.2) is 34.1 Å². The Morgan fingerprint density at radius 1 is 1.20 bits per heavy atom. The number of carboxylic acids is 2. The Morgan fingerprint density at radius 2 is 1.85 bits per heavy atom. The maximum absolute atomic E-state index is 12.0. The molecule has 0 aromatic heterocycles. The summed E-state index contributed by atoms with van der Waals surface area (Å²) >= 11 is 4.03. The Kier molecular flexibility index (Phi) is 6.65. The van der Waals surface area contributed by atoms with Gasteiger partial charge in [-0.3, -0.25) is 9.59 Å². The number of nitrogens with one attached hydrogen (secondary N) is 1. The summed E-state index contributed by atoms with van der Waals surface area (Å²) in [5, 5.41) is 19.9. The molecule has 6 nitrogen and oxygen atoms in total. The zero-order valence-electron chi connectivity index (χ0n) is 10.1. The van der Waals surface area contributed by atoms with Gasteiger partial charge in [-0.2, -0.15) is 0 Å². The highest BCUT2D eigenvalue weighted by molar-refractivity contribution is 14.1. The third-order valence-corrected chi connectivity index (χ3v) is 4.04. The lowest BCUT2D eigenvalue weighted by Crippen LogP contribution is -2.41. The minimum absolute atomic E-state index is 0.156. The minimum Gasteiger partial charge on any atom is -0.481 e. The number of carbonyl (C=O) groups excluding carboxylic acids is 1. The molecule has 0 aliphatic carbocycles. The van der Waals surface area contributed by atoms with Crippen LogP contribution in [0.15, 0.2) is 18.2 Å². The summed E-state index contributed by atoms with van der Waals surface area (Å²) in [6.45, 7) is 0. The van der Waals surface area contributed by atoms with Crippen molar-refractivity contribution in [3.05, 3.63) is 30.9 Å². The van der Waals surface area contributed by atoms with Gasteiger partial charge in [-0.05, 0) is 69.8 Å². The fourth-order valence-electron chi connectivity index (χ4n) is 1.43. The highest BCUT2D eigenvalue weighted by Crippen LogP contribution is 2.16. The molecule has 108 valence electrons. The number of rotatable bonds is 6. The van der Waals surface area contributed by atoms with Gasteiger partial charge >= 0.3 is 11.9 Å². The summed E-state index contributed by atoms with van der Waals surface area (Å²) in [4.78, 5) is 33.5. The van der Waals surface area contributed by atoms with Crippen molar-refractivity contribution < 1.29 is 24.6 Å². The molecule has 0 radical (unpaired) electrons. The standard InChI is InChI=1S/C12H11I2NO5/c13-6-1-2-8(14)7(5-6)11(18)15-9(12(19)20)3-4-10(16)17/h1-2,5,9H,3-4H2,(H,15,18)(H,16,17)(H,19,20). The van der Waals surface area contributed by atoms with Crippen molar-refractivity contribution in [2.24, 2.45) is 0 Å². The van der Waals surface area contributed by atoms with Crippen LogP contribution >= 0.6 is 45.2 Å². The van der Waals surface area contributed by atoms with Crippen molar-refractivity contribution in [1.82, 2.24) is 5.32 Å². The average Bonchev–Trinajstić information content (AvgIpc) is 2.36. The molecular weight excluding hydrogens is 492 g/mol. The summed E-state index contributed by atoms with van der Waals surface area (Å²) in [5.74, 6) is -2.87. The zero-order chi connectivity index (χ0) is 15.3. The van der Waals surface area contributed by atoms with E-state index >= 15 is 0 Å². The first-order valence-electron chi connectivity index (χ1n) is 5.51. The molecular formula is C12H11I2NO5. The van der Waals surface area contributed by atoms with Gasteiger partial charge in [-0.1, -0.05) is 0 Å². The van der Waals surface area contributed by atoms with Gasteiger partial charge in [0, 0.05) is 13.6 Å². The van der Waals surface area contributed by atoms with Crippen molar-refractivity contribution in [3.63, 3.8) is 0 Å². The fourth-order valence-corrected chi connectivity index (χ4v) is 2.50. The Balaban J connectivity index is 2.82. The summed E-state index contributed by atoms with van der Waals surface area (Å²) < 4.78 is 1.55. The number of hydrogen-bond acceptors (Lipinski definition) is 3. The molecule has 3 N–H and O–H groups in total. The molecule has 0 saturated carbocycles. The quantitative estimate of drug-likeness (QED) is 0.516. The molecule has 1 atom stereocenters. The van der Waals surface area contributed by atoms with Crippen LogP contribution in [0.3, 0.4) is 0 Å². The lowest BCUT2D eigenvalue weighted by Gasteiger charge is -2.14. The topological polar surface area (TPSA) is 104 Å². The molecule has 1 aromatic carbocycles. The van der Waals surface area contributed by atoms with Crippen LogP contribution < -0.4 is 5.32 Å². The predicted molar refractivity (Wildman–Crippen MR) is 87.6 cm³/mol.